The number of carbonyl (C=O) groups excluding carboxylic acids is 1. The lowest BCUT2D eigenvalue weighted by Gasteiger charge is -2.16. The number of thioether (sulfide) groups is 1. The lowest BCUT2D eigenvalue weighted by atomic mass is 10.1. The smallest absolute Gasteiger partial charge is 0.285 e. The van der Waals surface area contributed by atoms with Crippen LogP contribution in [-0.4, -0.2) is 25.3 Å². The number of rotatable bonds is 4. The maximum atomic E-state index is 12.5. The van der Waals surface area contributed by atoms with Crippen molar-refractivity contribution in [3.05, 3.63) is 69.1 Å². The summed E-state index contributed by atoms with van der Waals surface area (Å²) in [5.74, 6) is -0.559. The van der Waals surface area contributed by atoms with E-state index in [-0.39, 0.29) is 21.9 Å². The van der Waals surface area contributed by atoms with Gasteiger partial charge in [0.1, 0.15) is 5.75 Å². The predicted molar refractivity (Wildman–Crippen MR) is 99.8 cm³/mol. The van der Waals surface area contributed by atoms with E-state index in [1.807, 2.05) is 18.2 Å². The van der Waals surface area contributed by atoms with Crippen LogP contribution in [0.5, 0.6) is 5.75 Å². The first-order valence-corrected chi connectivity index (χ1v) is 8.25. The number of hydrazine groups is 1. The summed E-state index contributed by atoms with van der Waals surface area (Å²) in [5.41, 5.74) is 3.60. The summed E-state index contributed by atoms with van der Waals surface area (Å²) in [7, 11) is 0. The van der Waals surface area contributed by atoms with Crippen LogP contribution in [0.25, 0.3) is 6.08 Å². The summed E-state index contributed by atoms with van der Waals surface area (Å²) < 4.78 is 0.296. The van der Waals surface area contributed by atoms with Crippen molar-refractivity contribution in [2.75, 3.05) is 5.43 Å². The number of hydrogen-bond acceptors (Lipinski definition) is 7. The number of amides is 1. The fraction of sp³-hybridized carbons (Fsp3) is 0. The van der Waals surface area contributed by atoms with Crippen LogP contribution in [0.4, 0.5) is 11.4 Å². The molecule has 0 bridgehead atoms. The molecule has 0 atom stereocenters. The first-order chi connectivity index (χ1) is 12.0. The second-order valence-electron chi connectivity index (χ2n) is 5.00. The molecule has 9 heteroatoms. The third kappa shape index (κ3) is 3.62. The summed E-state index contributed by atoms with van der Waals surface area (Å²) >= 11 is 6.25. The van der Waals surface area contributed by atoms with Gasteiger partial charge < -0.3 is 5.11 Å². The number of anilines is 1. The van der Waals surface area contributed by atoms with Crippen LogP contribution in [0.2, 0.25) is 0 Å². The first kappa shape index (κ1) is 16.9. The Balaban J connectivity index is 1.88. The standard InChI is InChI=1S/C16H11N3O4S2/c20-13-7-6-12(19(22)23)8-10(13)9-14-15(21)18(16(24)25-14)17-11-4-2-1-3-5-11/h1-9,17,20H. The van der Waals surface area contributed by atoms with E-state index in [9.17, 15) is 20.0 Å². The van der Waals surface area contributed by atoms with Gasteiger partial charge in [0.15, 0.2) is 4.32 Å². The topological polar surface area (TPSA) is 95.7 Å². The molecule has 3 rings (SSSR count). The molecule has 0 spiro atoms. The van der Waals surface area contributed by atoms with Gasteiger partial charge in [-0.2, -0.15) is 0 Å². The zero-order valence-electron chi connectivity index (χ0n) is 12.6. The number of phenolic OH excluding ortho intramolecular Hbond substituents is 1. The molecule has 1 aliphatic heterocycles. The number of benzene rings is 2. The Morgan fingerprint density at radius 2 is 1.96 bits per heavy atom. The molecular weight excluding hydrogens is 362 g/mol. The Bertz CT molecular complexity index is 900. The Hall–Kier alpha value is -2.91. The molecule has 0 radical (unpaired) electrons. The minimum atomic E-state index is -0.570. The van der Waals surface area contributed by atoms with Crippen LogP contribution in [0, 0.1) is 10.1 Å². The predicted octanol–water partition coefficient (Wildman–Crippen LogP) is 3.53. The number of para-hydroxylation sites is 1. The van der Waals surface area contributed by atoms with E-state index in [1.54, 1.807) is 12.1 Å². The number of non-ortho nitro benzene ring substituents is 1. The second kappa shape index (κ2) is 6.91. The average Bonchev–Trinajstić information content (AvgIpc) is 2.85. The maximum Gasteiger partial charge on any atom is 0.285 e. The molecule has 2 aromatic carbocycles. The van der Waals surface area contributed by atoms with E-state index in [4.69, 9.17) is 12.2 Å². The van der Waals surface area contributed by atoms with Crippen LogP contribution in [0.15, 0.2) is 53.4 Å². The van der Waals surface area contributed by atoms with Gasteiger partial charge in [-0.3, -0.25) is 20.3 Å². The monoisotopic (exact) mass is 373 g/mol. The van der Waals surface area contributed by atoms with Crippen LogP contribution >= 0.6 is 24.0 Å². The Kier molecular flexibility index (Phi) is 4.68. The van der Waals surface area contributed by atoms with Gasteiger partial charge in [0, 0.05) is 17.7 Å². The lowest BCUT2D eigenvalue weighted by molar-refractivity contribution is -0.384. The van der Waals surface area contributed by atoms with Gasteiger partial charge in [-0.25, -0.2) is 5.01 Å². The molecule has 0 aliphatic carbocycles. The first-order valence-electron chi connectivity index (χ1n) is 7.03. The van der Waals surface area contributed by atoms with Crippen molar-refractivity contribution in [3.8, 4) is 5.75 Å². The van der Waals surface area contributed by atoms with E-state index in [1.165, 1.54) is 29.3 Å². The van der Waals surface area contributed by atoms with Crippen molar-refractivity contribution in [1.82, 2.24) is 5.01 Å². The highest BCUT2D eigenvalue weighted by Crippen LogP contribution is 2.35. The van der Waals surface area contributed by atoms with Crippen molar-refractivity contribution in [2.24, 2.45) is 0 Å². The molecule has 1 fully saturated rings. The summed E-state index contributed by atoms with van der Waals surface area (Å²) in [6, 6.07) is 12.7. The second-order valence-corrected chi connectivity index (χ2v) is 6.67. The highest BCUT2D eigenvalue weighted by Gasteiger charge is 2.32. The number of phenols is 1. The summed E-state index contributed by atoms with van der Waals surface area (Å²) in [4.78, 5) is 23.1. The third-order valence-corrected chi connectivity index (χ3v) is 4.62. The fourth-order valence-electron chi connectivity index (χ4n) is 2.12. The van der Waals surface area contributed by atoms with E-state index in [0.29, 0.717) is 10.0 Å². The van der Waals surface area contributed by atoms with E-state index < -0.39 is 10.8 Å². The molecule has 0 saturated carbocycles. The molecule has 1 aliphatic rings. The number of thiocarbonyl (C=S) groups is 1. The number of nitrogens with one attached hydrogen (secondary N) is 1. The Labute approximate surface area is 152 Å². The van der Waals surface area contributed by atoms with Crippen LogP contribution < -0.4 is 5.43 Å². The zero-order valence-corrected chi connectivity index (χ0v) is 14.2. The molecule has 0 unspecified atom stereocenters. The van der Waals surface area contributed by atoms with Crippen molar-refractivity contribution in [1.29, 1.82) is 0 Å². The lowest BCUT2D eigenvalue weighted by Crippen LogP contribution is -2.33. The van der Waals surface area contributed by atoms with Crippen molar-refractivity contribution < 1.29 is 14.8 Å². The Morgan fingerprint density at radius 1 is 1.24 bits per heavy atom. The van der Waals surface area contributed by atoms with Gasteiger partial charge in [0.25, 0.3) is 11.6 Å². The molecular formula is C16H11N3O4S2. The molecule has 126 valence electrons. The molecule has 1 amide bonds. The summed E-state index contributed by atoms with van der Waals surface area (Å²) in [5, 5.41) is 22.0. The molecule has 2 N–H and O–H groups in total. The van der Waals surface area contributed by atoms with E-state index in [2.05, 4.69) is 5.43 Å². The number of aromatic hydroxyl groups is 1. The van der Waals surface area contributed by atoms with Crippen molar-refractivity contribution >= 4 is 51.7 Å². The minimum Gasteiger partial charge on any atom is -0.507 e. The van der Waals surface area contributed by atoms with Gasteiger partial charge in [-0.15, -0.1) is 0 Å². The fourth-order valence-corrected chi connectivity index (χ4v) is 3.29. The van der Waals surface area contributed by atoms with Gasteiger partial charge in [0.2, 0.25) is 0 Å². The van der Waals surface area contributed by atoms with Gasteiger partial charge in [0.05, 0.1) is 15.5 Å². The number of nitrogens with zero attached hydrogens (tertiary/aromatic N) is 2. The van der Waals surface area contributed by atoms with Gasteiger partial charge in [-0.1, -0.05) is 30.0 Å². The highest BCUT2D eigenvalue weighted by molar-refractivity contribution is 8.26. The van der Waals surface area contributed by atoms with Gasteiger partial charge in [-0.05, 0) is 36.5 Å². The summed E-state index contributed by atoms with van der Waals surface area (Å²) in [6.45, 7) is 0. The number of hydrogen-bond donors (Lipinski definition) is 2. The number of nitro benzene ring substituents is 1. The van der Waals surface area contributed by atoms with E-state index >= 15 is 0 Å². The average molecular weight is 373 g/mol. The van der Waals surface area contributed by atoms with Crippen molar-refractivity contribution in [2.45, 2.75) is 0 Å². The maximum absolute atomic E-state index is 12.5. The zero-order chi connectivity index (χ0) is 18.0. The highest BCUT2D eigenvalue weighted by atomic mass is 32.2. The molecule has 0 aromatic heterocycles. The van der Waals surface area contributed by atoms with Crippen LogP contribution in [0.1, 0.15) is 5.56 Å². The molecule has 25 heavy (non-hydrogen) atoms. The third-order valence-electron chi connectivity index (χ3n) is 3.32. The van der Waals surface area contributed by atoms with Gasteiger partial charge >= 0.3 is 0 Å². The SMILES string of the molecule is O=C1C(=Cc2cc([N+](=O)[O-])ccc2O)SC(=S)N1Nc1ccccc1. The van der Waals surface area contributed by atoms with E-state index in [0.717, 1.165) is 11.8 Å². The van der Waals surface area contributed by atoms with Crippen molar-refractivity contribution in [3.63, 3.8) is 0 Å². The molecule has 1 heterocycles. The number of nitro groups is 1. The normalized spacial score (nSPS) is 15.7. The molecule has 7 nitrogen and oxygen atoms in total. The van der Waals surface area contributed by atoms with Crippen LogP contribution in [-0.2, 0) is 4.79 Å². The van der Waals surface area contributed by atoms with Crippen LogP contribution in [0.3, 0.4) is 0 Å². The Morgan fingerprint density at radius 3 is 2.64 bits per heavy atom. The largest absolute Gasteiger partial charge is 0.507 e. The number of carbonyl (C=O) groups is 1. The minimum absolute atomic E-state index is 0.160. The summed E-state index contributed by atoms with van der Waals surface area (Å²) in [6.07, 6.45) is 1.38. The molecule has 1 saturated heterocycles. The molecule has 2 aromatic rings. The quantitative estimate of drug-likeness (QED) is 0.366.